The summed E-state index contributed by atoms with van der Waals surface area (Å²) in [5, 5.41) is 23.3. The Balaban J connectivity index is 2.31. The zero-order valence-corrected chi connectivity index (χ0v) is 10.2. The first-order valence-electron chi connectivity index (χ1n) is 6.11. The summed E-state index contributed by atoms with van der Waals surface area (Å²) in [6.45, 7) is 6.69. The van der Waals surface area contributed by atoms with Crippen LogP contribution in [0, 0.1) is 5.92 Å². The lowest BCUT2D eigenvalue weighted by molar-refractivity contribution is -0.0312. The van der Waals surface area contributed by atoms with E-state index in [0.717, 1.165) is 19.3 Å². The normalized spacial score (nSPS) is 22.8. The van der Waals surface area contributed by atoms with E-state index in [9.17, 15) is 10.2 Å². The van der Waals surface area contributed by atoms with Crippen LogP contribution in [0.2, 0.25) is 0 Å². The first-order chi connectivity index (χ1) is 6.98. The third-order valence-electron chi connectivity index (χ3n) is 3.30. The van der Waals surface area contributed by atoms with E-state index in [2.05, 4.69) is 19.2 Å². The molecule has 3 nitrogen and oxygen atoms in total. The van der Waals surface area contributed by atoms with Crippen LogP contribution in [0.15, 0.2) is 0 Å². The number of hydrogen-bond donors (Lipinski definition) is 3. The zero-order valence-electron chi connectivity index (χ0n) is 10.2. The number of aliphatic hydroxyl groups excluding tert-OH is 1. The monoisotopic (exact) mass is 215 g/mol. The van der Waals surface area contributed by atoms with Crippen molar-refractivity contribution in [3.8, 4) is 0 Å². The fraction of sp³-hybridized carbons (Fsp3) is 1.00. The van der Waals surface area contributed by atoms with Gasteiger partial charge in [0, 0.05) is 19.0 Å². The van der Waals surface area contributed by atoms with Crippen LogP contribution in [-0.2, 0) is 0 Å². The van der Waals surface area contributed by atoms with Gasteiger partial charge in [-0.1, -0.05) is 20.8 Å². The van der Waals surface area contributed by atoms with Gasteiger partial charge in [0.25, 0.3) is 0 Å². The molecule has 0 amide bonds. The van der Waals surface area contributed by atoms with Crippen LogP contribution in [0.25, 0.3) is 0 Å². The SMILES string of the molecule is CCC(O)(CC(O)CNC(C)C)C1CC1. The molecule has 1 aliphatic rings. The minimum atomic E-state index is -0.627. The summed E-state index contributed by atoms with van der Waals surface area (Å²) >= 11 is 0. The molecule has 0 saturated heterocycles. The first-order valence-corrected chi connectivity index (χ1v) is 6.11. The largest absolute Gasteiger partial charge is 0.392 e. The fourth-order valence-corrected chi connectivity index (χ4v) is 2.07. The molecule has 3 N–H and O–H groups in total. The van der Waals surface area contributed by atoms with Crippen LogP contribution in [0.5, 0.6) is 0 Å². The van der Waals surface area contributed by atoms with Gasteiger partial charge in [-0.15, -0.1) is 0 Å². The van der Waals surface area contributed by atoms with Crippen molar-refractivity contribution in [1.82, 2.24) is 5.32 Å². The minimum absolute atomic E-state index is 0.385. The number of nitrogens with one attached hydrogen (secondary N) is 1. The molecule has 2 unspecified atom stereocenters. The lowest BCUT2D eigenvalue weighted by Gasteiger charge is -2.29. The Labute approximate surface area is 92.9 Å². The first kappa shape index (κ1) is 12.9. The molecule has 15 heavy (non-hydrogen) atoms. The Morgan fingerprint density at radius 1 is 1.40 bits per heavy atom. The van der Waals surface area contributed by atoms with Crippen molar-refractivity contribution in [2.24, 2.45) is 5.92 Å². The lowest BCUT2D eigenvalue weighted by Crippen LogP contribution is -2.40. The van der Waals surface area contributed by atoms with E-state index >= 15 is 0 Å². The van der Waals surface area contributed by atoms with E-state index in [4.69, 9.17) is 0 Å². The van der Waals surface area contributed by atoms with Crippen molar-refractivity contribution in [3.63, 3.8) is 0 Å². The van der Waals surface area contributed by atoms with Gasteiger partial charge in [-0.2, -0.15) is 0 Å². The predicted molar refractivity (Wildman–Crippen MR) is 61.7 cm³/mol. The summed E-state index contributed by atoms with van der Waals surface area (Å²) in [5.74, 6) is 0.427. The molecular weight excluding hydrogens is 190 g/mol. The fourth-order valence-electron chi connectivity index (χ4n) is 2.07. The maximum absolute atomic E-state index is 10.3. The molecule has 0 bridgehead atoms. The van der Waals surface area contributed by atoms with Gasteiger partial charge >= 0.3 is 0 Å². The van der Waals surface area contributed by atoms with Gasteiger partial charge in [0.05, 0.1) is 11.7 Å². The van der Waals surface area contributed by atoms with Crippen molar-refractivity contribution in [2.75, 3.05) is 6.54 Å². The van der Waals surface area contributed by atoms with Gasteiger partial charge in [-0.25, -0.2) is 0 Å². The molecule has 0 aromatic heterocycles. The average molecular weight is 215 g/mol. The van der Waals surface area contributed by atoms with Crippen LogP contribution in [-0.4, -0.2) is 34.5 Å². The standard InChI is InChI=1S/C12H25NO2/c1-4-12(15,10-5-6-10)7-11(14)8-13-9(2)3/h9-11,13-15H,4-8H2,1-3H3. The molecule has 1 fully saturated rings. The van der Waals surface area contributed by atoms with Crippen LogP contribution in [0.3, 0.4) is 0 Å². The smallest absolute Gasteiger partial charge is 0.0698 e. The molecule has 90 valence electrons. The summed E-state index contributed by atoms with van der Waals surface area (Å²) in [6.07, 6.45) is 3.06. The Kier molecular flexibility index (Phi) is 4.56. The summed E-state index contributed by atoms with van der Waals surface area (Å²) in [5.41, 5.74) is -0.627. The van der Waals surface area contributed by atoms with Gasteiger partial charge in [0.15, 0.2) is 0 Å². The molecule has 1 rings (SSSR count). The van der Waals surface area contributed by atoms with E-state index < -0.39 is 11.7 Å². The predicted octanol–water partition coefficient (Wildman–Crippen LogP) is 1.29. The van der Waals surface area contributed by atoms with Crippen molar-refractivity contribution >= 4 is 0 Å². The Hall–Kier alpha value is -0.120. The van der Waals surface area contributed by atoms with Crippen molar-refractivity contribution in [1.29, 1.82) is 0 Å². The Morgan fingerprint density at radius 2 is 2.00 bits per heavy atom. The van der Waals surface area contributed by atoms with Crippen molar-refractivity contribution < 1.29 is 10.2 Å². The number of aliphatic hydroxyl groups is 2. The highest BCUT2D eigenvalue weighted by Crippen LogP contribution is 2.43. The van der Waals surface area contributed by atoms with E-state index in [0.29, 0.717) is 24.9 Å². The minimum Gasteiger partial charge on any atom is -0.392 e. The lowest BCUT2D eigenvalue weighted by atomic mass is 9.88. The third-order valence-corrected chi connectivity index (χ3v) is 3.30. The van der Waals surface area contributed by atoms with Crippen molar-refractivity contribution in [3.05, 3.63) is 0 Å². The highest BCUT2D eigenvalue weighted by molar-refractivity contribution is 4.95. The molecule has 1 saturated carbocycles. The van der Waals surface area contributed by atoms with E-state index in [1.807, 2.05) is 6.92 Å². The Bertz CT molecular complexity index is 192. The van der Waals surface area contributed by atoms with Crippen LogP contribution < -0.4 is 5.32 Å². The van der Waals surface area contributed by atoms with Crippen LogP contribution in [0.1, 0.15) is 46.5 Å². The van der Waals surface area contributed by atoms with E-state index in [1.54, 1.807) is 0 Å². The highest BCUT2D eigenvalue weighted by Gasteiger charge is 2.43. The number of hydrogen-bond acceptors (Lipinski definition) is 3. The quantitative estimate of drug-likeness (QED) is 0.600. The molecule has 0 aromatic rings. The summed E-state index contributed by atoms with van der Waals surface area (Å²) in [4.78, 5) is 0. The second-order valence-electron chi connectivity index (χ2n) is 5.15. The topological polar surface area (TPSA) is 52.5 Å². The van der Waals surface area contributed by atoms with Crippen molar-refractivity contribution in [2.45, 2.75) is 64.2 Å². The van der Waals surface area contributed by atoms with E-state index in [1.165, 1.54) is 0 Å². The molecule has 1 aliphatic carbocycles. The molecular formula is C12H25NO2. The van der Waals surface area contributed by atoms with Gasteiger partial charge < -0.3 is 15.5 Å². The second kappa shape index (κ2) is 5.28. The Morgan fingerprint density at radius 3 is 2.40 bits per heavy atom. The maximum Gasteiger partial charge on any atom is 0.0698 e. The van der Waals surface area contributed by atoms with Gasteiger partial charge in [-0.05, 0) is 25.2 Å². The molecule has 2 atom stereocenters. The zero-order chi connectivity index (χ0) is 11.5. The molecule has 3 heteroatoms. The van der Waals surface area contributed by atoms with Crippen LogP contribution in [0.4, 0.5) is 0 Å². The van der Waals surface area contributed by atoms with Gasteiger partial charge in [0.2, 0.25) is 0 Å². The summed E-state index contributed by atoms with van der Waals surface area (Å²) in [6, 6.07) is 0.385. The highest BCUT2D eigenvalue weighted by atomic mass is 16.3. The second-order valence-corrected chi connectivity index (χ2v) is 5.15. The van der Waals surface area contributed by atoms with E-state index in [-0.39, 0.29) is 0 Å². The number of rotatable bonds is 7. The molecule has 0 aliphatic heterocycles. The van der Waals surface area contributed by atoms with Crippen LogP contribution >= 0.6 is 0 Å². The summed E-state index contributed by atoms with van der Waals surface area (Å²) in [7, 11) is 0. The molecule has 0 heterocycles. The van der Waals surface area contributed by atoms with Gasteiger partial charge in [-0.3, -0.25) is 0 Å². The molecule has 0 spiro atoms. The average Bonchev–Trinajstić information content (AvgIpc) is 2.97. The maximum atomic E-state index is 10.3. The summed E-state index contributed by atoms with van der Waals surface area (Å²) < 4.78 is 0. The molecule has 0 aromatic carbocycles. The van der Waals surface area contributed by atoms with Gasteiger partial charge in [0.1, 0.15) is 0 Å². The molecule has 0 radical (unpaired) electrons. The third kappa shape index (κ3) is 4.09.